The summed E-state index contributed by atoms with van der Waals surface area (Å²) in [5.74, 6) is 0.742. The van der Waals surface area contributed by atoms with Gasteiger partial charge in [-0.2, -0.15) is 17.5 Å². The molecule has 0 bridgehead atoms. The standard InChI is InChI=1S/C25H23F3N4O2S/c26-25(27,28)20-9-6-10-21(17-20)35(33,34)31-15-13-30(14-16-31)24-29-22-11-4-5-12-23(22)32(24)18-19-7-2-1-3-8-19/h1-12,17H,13-16,18H2. The number of benzene rings is 3. The molecule has 1 saturated heterocycles. The minimum absolute atomic E-state index is 0.146. The van der Waals surface area contributed by atoms with Crippen molar-refractivity contribution in [3.8, 4) is 0 Å². The summed E-state index contributed by atoms with van der Waals surface area (Å²) in [6.45, 7) is 1.65. The van der Waals surface area contributed by atoms with Gasteiger partial charge in [-0.3, -0.25) is 0 Å². The van der Waals surface area contributed by atoms with Gasteiger partial charge in [0, 0.05) is 26.2 Å². The minimum atomic E-state index is -4.61. The molecule has 2 heterocycles. The van der Waals surface area contributed by atoms with E-state index < -0.39 is 21.8 Å². The fraction of sp³-hybridized carbons (Fsp3) is 0.240. The first-order valence-corrected chi connectivity index (χ1v) is 12.6. The van der Waals surface area contributed by atoms with Crippen molar-refractivity contribution < 1.29 is 21.6 Å². The van der Waals surface area contributed by atoms with Crippen molar-refractivity contribution in [3.05, 3.63) is 90.0 Å². The van der Waals surface area contributed by atoms with Gasteiger partial charge in [0.1, 0.15) is 0 Å². The van der Waals surface area contributed by atoms with Crippen LogP contribution in [0.3, 0.4) is 0 Å². The Morgan fingerprint density at radius 3 is 2.23 bits per heavy atom. The number of piperazine rings is 1. The van der Waals surface area contributed by atoms with Crippen LogP contribution in [0.15, 0.2) is 83.8 Å². The maximum absolute atomic E-state index is 13.1. The number of imidazole rings is 1. The fourth-order valence-corrected chi connectivity index (χ4v) is 5.81. The van der Waals surface area contributed by atoms with Gasteiger partial charge in [0.2, 0.25) is 16.0 Å². The Labute approximate surface area is 201 Å². The molecule has 0 N–H and O–H groups in total. The first-order valence-electron chi connectivity index (χ1n) is 11.1. The predicted octanol–water partition coefficient (Wildman–Crippen LogP) is 4.61. The monoisotopic (exact) mass is 500 g/mol. The van der Waals surface area contributed by atoms with Crippen LogP contribution in [0.25, 0.3) is 11.0 Å². The van der Waals surface area contributed by atoms with Crippen molar-refractivity contribution in [1.82, 2.24) is 13.9 Å². The van der Waals surface area contributed by atoms with Gasteiger partial charge < -0.3 is 9.47 Å². The van der Waals surface area contributed by atoms with Crippen LogP contribution in [-0.4, -0.2) is 48.5 Å². The Morgan fingerprint density at radius 2 is 1.51 bits per heavy atom. The Kier molecular flexibility index (Phi) is 6.02. The summed E-state index contributed by atoms with van der Waals surface area (Å²) in [7, 11) is -4.05. The second-order valence-corrected chi connectivity index (χ2v) is 10.3. The van der Waals surface area contributed by atoms with Gasteiger partial charge in [0.25, 0.3) is 0 Å². The number of fused-ring (bicyclic) bond motifs is 1. The van der Waals surface area contributed by atoms with Gasteiger partial charge in [-0.15, -0.1) is 0 Å². The number of para-hydroxylation sites is 2. The van der Waals surface area contributed by atoms with Crippen LogP contribution in [0, 0.1) is 0 Å². The lowest BCUT2D eigenvalue weighted by atomic mass is 10.2. The van der Waals surface area contributed by atoms with E-state index in [0.717, 1.165) is 34.7 Å². The van der Waals surface area contributed by atoms with Crippen LogP contribution in [0.4, 0.5) is 19.1 Å². The molecule has 5 rings (SSSR count). The van der Waals surface area contributed by atoms with E-state index >= 15 is 0 Å². The maximum Gasteiger partial charge on any atom is 0.416 e. The largest absolute Gasteiger partial charge is 0.416 e. The van der Waals surface area contributed by atoms with Crippen LogP contribution < -0.4 is 4.90 Å². The highest BCUT2D eigenvalue weighted by Crippen LogP contribution is 2.32. The molecule has 1 aromatic heterocycles. The quantitative estimate of drug-likeness (QED) is 0.402. The second kappa shape index (κ2) is 9.01. The third-order valence-electron chi connectivity index (χ3n) is 6.14. The van der Waals surface area contributed by atoms with E-state index in [1.54, 1.807) is 0 Å². The topological polar surface area (TPSA) is 58.4 Å². The lowest BCUT2D eigenvalue weighted by Gasteiger charge is -2.35. The zero-order chi connectivity index (χ0) is 24.6. The summed E-state index contributed by atoms with van der Waals surface area (Å²) < 4.78 is 68.8. The Hall–Kier alpha value is -3.37. The number of halogens is 3. The van der Waals surface area contributed by atoms with Crippen LogP contribution in [0.5, 0.6) is 0 Å². The number of sulfonamides is 1. The number of nitrogens with zero attached hydrogens (tertiary/aromatic N) is 4. The molecule has 0 spiro atoms. The van der Waals surface area contributed by atoms with E-state index in [9.17, 15) is 21.6 Å². The van der Waals surface area contributed by atoms with Crippen LogP contribution >= 0.6 is 0 Å². The smallest absolute Gasteiger partial charge is 0.340 e. The van der Waals surface area contributed by atoms with Crippen molar-refractivity contribution in [2.45, 2.75) is 17.6 Å². The molecular formula is C25H23F3N4O2S. The highest BCUT2D eigenvalue weighted by atomic mass is 32.2. The Balaban J connectivity index is 1.39. The van der Waals surface area contributed by atoms with Gasteiger partial charge in [0.15, 0.2) is 0 Å². The summed E-state index contributed by atoms with van der Waals surface area (Å²) in [5.41, 5.74) is 1.96. The third-order valence-corrected chi connectivity index (χ3v) is 8.03. The Bertz CT molecular complexity index is 1440. The maximum atomic E-state index is 13.1. The number of aromatic nitrogens is 2. The predicted molar refractivity (Wildman–Crippen MR) is 128 cm³/mol. The SMILES string of the molecule is O=S(=O)(c1cccc(C(F)(F)F)c1)N1CCN(c2nc3ccccc3n2Cc2ccccc2)CC1. The molecule has 10 heteroatoms. The molecule has 4 aromatic rings. The molecule has 3 aromatic carbocycles. The zero-order valence-corrected chi connectivity index (χ0v) is 19.5. The van der Waals surface area contributed by atoms with Gasteiger partial charge in [-0.1, -0.05) is 48.5 Å². The molecule has 1 fully saturated rings. The van der Waals surface area contributed by atoms with E-state index in [1.165, 1.54) is 10.4 Å². The summed E-state index contributed by atoms with van der Waals surface area (Å²) in [4.78, 5) is 6.49. The molecule has 1 aliphatic rings. The summed E-state index contributed by atoms with van der Waals surface area (Å²) in [6.07, 6.45) is -4.61. The molecule has 0 aliphatic carbocycles. The molecule has 0 saturated carbocycles. The van der Waals surface area contributed by atoms with Crippen LogP contribution in [0.1, 0.15) is 11.1 Å². The lowest BCUT2D eigenvalue weighted by Crippen LogP contribution is -2.49. The first kappa shape index (κ1) is 23.4. The van der Waals surface area contributed by atoms with E-state index in [1.807, 2.05) is 59.5 Å². The van der Waals surface area contributed by atoms with Crippen molar-refractivity contribution in [2.75, 3.05) is 31.1 Å². The van der Waals surface area contributed by atoms with E-state index in [4.69, 9.17) is 4.98 Å². The molecule has 1 aliphatic heterocycles. The number of hydrogen-bond acceptors (Lipinski definition) is 4. The van der Waals surface area contributed by atoms with E-state index in [2.05, 4.69) is 4.57 Å². The third kappa shape index (κ3) is 4.63. The van der Waals surface area contributed by atoms with Crippen molar-refractivity contribution in [2.24, 2.45) is 0 Å². The molecule has 6 nitrogen and oxygen atoms in total. The number of hydrogen-bond donors (Lipinski definition) is 0. The normalized spacial score (nSPS) is 15.6. The van der Waals surface area contributed by atoms with Gasteiger partial charge in [-0.25, -0.2) is 13.4 Å². The van der Waals surface area contributed by atoms with Gasteiger partial charge in [-0.05, 0) is 35.9 Å². The number of alkyl halides is 3. The molecule has 0 unspecified atom stereocenters. The number of anilines is 1. The molecule has 0 radical (unpaired) electrons. The zero-order valence-electron chi connectivity index (χ0n) is 18.7. The average molecular weight is 501 g/mol. The fourth-order valence-electron chi connectivity index (χ4n) is 4.34. The highest BCUT2D eigenvalue weighted by molar-refractivity contribution is 7.89. The minimum Gasteiger partial charge on any atom is -0.340 e. The number of rotatable bonds is 5. The molecule has 182 valence electrons. The van der Waals surface area contributed by atoms with Crippen molar-refractivity contribution >= 4 is 27.0 Å². The van der Waals surface area contributed by atoms with Crippen LogP contribution in [-0.2, 0) is 22.7 Å². The second-order valence-electron chi connectivity index (χ2n) is 8.39. The molecular weight excluding hydrogens is 477 g/mol. The van der Waals surface area contributed by atoms with E-state index in [-0.39, 0.29) is 18.0 Å². The average Bonchev–Trinajstić information content (AvgIpc) is 3.22. The summed E-state index contributed by atoms with van der Waals surface area (Å²) >= 11 is 0. The highest BCUT2D eigenvalue weighted by Gasteiger charge is 2.34. The molecule has 0 atom stereocenters. The Morgan fingerprint density at radius 1 is 0.829 bits per heavy atom. The van der Waals surface area contributed by atoms with Crippen LogP contribution in [0.2, 0.25) is 0 Å². The first-order chi connectivity index (χ1) is 16.7. The van der Waals surface area contributed by atoms with Gasteiger partial charge >= 0.3 is 6.18 Å². The van der Waals surface area contributed by atoms with Crippen molar-refractivity contribution in [1.29, 1.82) is 0 Å². The summed E-state index contributed by atoms with van der Waals surface area (Å²) in [5, 5.41) is 0. The lowest BCUT2D eigenvalue weighted by molar-refractivity contribution is -0.137. The molecule has 0 amide bonds. The summed E-state index contributed by atoms with van der Waals surface area (Å²) in [6, 6.07) is 21.7. The van der Waals surface area contributed by atoms with Crippen molar-refractivity contribution in [3.63, 3.8) is 0 Å². The van der Waals surface area contributed by atoms with Gasteiger partial charge in [0.05, 0.1) is 28.0 Å². The molecule has 35 heavy (non-hydrogen) atoms. The van der Waals surface area contributed by atoms with E-state index in [0.29, 0.717) is 25.7 Å².